The van der Waals surface area contributed by atoms with Gasteiger partial charge in [-0.3, -0.25) is 0 Å². The van der Waals surface area contributed by atoms with Gasteiger partial charge >= 0.3 is 0 Å². The van der Waals surface area contributed by atoms with Crippen LogP contribution < -0.4 is 4.90 Å². The van der Waals surface area contributed by atoms with Crippen LogP contribution in [0.3, 0.4) is 0 Å². The van der Waals surface area contributed by atoms with Crippen LogP contribution in [0.25, 0.3) is 0 Å². The molecule has 2 aromatic rings. The van der Waals surface area contributed by atoms with Gasteiger partial charge in [0.25, 0.3) is 0 Å². The maximum Gasteiger partial charge on any atom is 0.0670 e. The summed E-state index contributed by atoms with van der Waals surface area (Å²) in [5, 5.41) is 2.10. The molecule has 22 heavy (non-hydrogen) atoms. The second kappa shape index (κ2) is 6.67. The normalized spacial score (nSPS) is 19.5. The van der Waals surface area contributed by atoms with Gasteiger partial charge in [-0.05, 0) is 42.9 Å². The van der Waals surface area contributed by atoms with E-state index in [-0.39, 0.29) is 6.04 Å². The molecule has 0 spiro atoms. The molecule has 0 radical (unpaired) electrons. The minimum atomic E-state index is 0.245. The van der Waals surface area contributed by atoms with Crippen LogP contribution in [0.2, 0.25) is 15.1 Å². The Morgan fingerprint density at radius 2 is 1.59 bits per heavy atom. The van der Waals surface area contributed by atoms with E-state index in [1.807, 2.05) is 24.3 Å². The summed E-state index contributed by atoms with van der Waals surface area (Å²) in [5.41, 5.74) is 2.26. The largest absolute Gasteiger partial charge is 0.361 e. The standard InChI is InChI=1S/C17H17Cl3N2/c1-21-8-9-22(16-7-6-14(19)10-15(16)20)17(11-21)12-2-4-13(18)5-3-12/h2-7,10,17H,8-9,11H2,1H3/t17-/m1/s1. The fourth-order valence-electron chi connectivity index (χ4n) is 2.89. The van der Waals surface area contributed by atoms with Gasteiger partial charge in [0.05, 0.1) is 16.8 Å². The summed E-state index contributed by atoms with van der Waals surface area (Å²) in [6, 6.07) is 14.0. The van der Waals surface area contributed by atoms with E-state index in [9.17, 15) is 0 Å². The van der Waals surface area contributed by atoms with Crippen molar-refractivity contribution in [1.29, 1.82) is 0 Å². The van der Waals surface area contributed by atoms with E-state index >= 15 is 0 Å². The first-order valence-electron chi connectivity index (χ1n) is 7.20. The van der Waals surface area contributed by atoms with Crippen molar-refractivity contribution in [3.8, 4) is 0 Å². The first kappa shape index (κ1) is 15.9. The van der Waals surface area contributed by atoms with E-state index in [1.54, 1.807) is 6.07 Å². The summed E-state index contributed by atoms with van der Waals surface area (Å²) >= 11 is 18.5. The number of halogens is 3. The smallest absolute Gasteiger partial charge is 0.0670 e. The molecule has 3 rings (SSSR count). The average Bonchev–Trinajstić information content (AvgIpc) is 2.49. The van der Waals surface area contributed by atoms with E-state index in [2.05, 4.69) is 29.0 Å². The van der Waals surface area contributed by atoms with Gasteiger partial charge in [0, 0.05) is 29.7 Å². The minimum absolute atomic E-state index is 0.245. The molecule has 0 aromatic heterocycles. The Hall–Kier alpha value is -0.930. The number of hydrogen-bond donors (Lipinski definition) is 0. The van der Waals surface area contributed by atoms with Crippen LogP contribution in [-0.4, -0.2) is 31.6 Å². The molecule has 0 aliphatic carbocycles. The first-order chi connectivity index (χ1) is 10.5. The zero-order valence-electron chi connectivity index (χ0n) is 12.3. The van der Waals surface area contributed by atoms with Gasteiger partial charge in [-0.15, -0.1) is 0 Å². The summed E-state index contributed by atoms with van der Waals surface area (Å²) < 4.78 is 0. The number of rotatable bonds is 2. The summed E-state index contributed by atoms with van der Waals surface area (Å²) in [5.74, 6) is 0. The molecule has 1 fully saturated rings. The SMILES string of the molecule is CN1CCN(c2ccc(Cl)cc2Cl)[C@@H](c2ccc(Cl)cc2)C1. The van der Waals surface area contributed by atoms with Gasteiger partial charge in [0.2, 0.25) is 0 Å². The predicted molar refractivity (Wildman–Crippen MR) is 95.5 cm³/mol. The molecule has 5 heteroatoms. The molecule has 116 valence electrons. The summed E-state index contributed by atoms with van der Waals surface area (Å²) in [4.78, 5) is 4.68. The number of benzene rings is 2. The number of likely N-dealkylation sites (N-methyl/N-ethyl adjacent to an activating group) is 1. The monoisotopic (exact) mass is 354 g/mol. The molecule has 1 atom stereocenters. The maximum absolute atomic E-state index is 6.42. The van der Waals surface area contributed by atoms with Gasteiger partial charge < -0.3 is 9.80 Å². The molecule has 0 unspecified atom stereocenters. The Kier molecular flexibility index (Phi) is 4.84. The lowest BCUT2D eigenvalue weighted by Gasteiger charge is -2.42. The van der Waals surface area contributed by atoms with Gasteiger partial charge in [-0.1, -0.05) is 46.9 Å². The fraction of sp³-hybridized carbons (Fsp3) is 0.294. The quantitative estimate of drug-likeness (QED) is 0.736. The Morgan fingerprint density at radius 3 is 2.27 bits per heavy atom. The molecule has 0 bridgehead atoms. The Balaban J connectivity index is 1.98. The number of piperazine rings is 1. The number of hydrogen-bond acceptors (Lipinski definition) is 2. The molecule has 0 amide bonds. The average molecular weight is 356 g/mol. The highest BCUT2D eigenvalue weighted by Gasteiger charge is 2.28. The summed E-state index contributed by atoms with van der Waals surface area (Å²) in [7, 11) is 2.14. The highest BCUT2D eigenvalue weighted by atomic mass is 35.5. The lowest BCUT2D eigenvalue weighted by molar-refractivity contribution is 0.269. The Bertz CT molecular complexity index is 657. The summed E-state index contributed by atoms with van der Waals surface area (Å²) in [6.07, 6.45) is 0. The Labute approximate surface area is 146 Å². The van der Waals surface area contributed by atoms with Gasteiger partial charge in [-0.2, -0.15) is 0 Å². The molecular weight excluding hydrogens is 339 g/mol. The third kappa shape index (κ3) is 3.36. The van der Waals surface area contributed by atoms with Crippen molar-refractivity contribution < 1.29 is 0 Å². The van der Waals surface area contributed by atoms with Crippen LogP contribution >= 0.6 is 34.8 Å². The van der Waals surface area contributed by atoms with E-state index in [1.165, 1.54) is 5.56 Å². The molecule has 1 aliphatic rings. The van der Waals surface area contributed by atoms with Crippen molar-refractivity contribution in [2.45, 2.75) is 6.04 Å². The van der Waals surface area contributed by atoms with Crippen LogP contribution in [0.1, 0.15) is 11.6 Å². The van der Waals surface area contributed by atoms with Crippen molar-refractivity contribution in [2.24, 2.45) is 0 Å². The van der Waals surface area contributed by atoms with Gasteiger partial charge in [-0.25, -0.2) is 0 Å². The van der Waals surface area contributed by atoms with Gasteiger partial charge in [0.1, 0.15) is 0 Å². The van der Waals surface area contributed by atoms with Gasteiger partial charge in [0.15, 0.2) is 0 Å². The maximum atomic E-state index is 6.42. The molecule has 1 heterocycles. The van der Waals surface area contributed by atoms with Crippen LogP contribution in [-0.2, 0) is 0 Å². The molecule has 0 N–H and O–H groups in total. The topological polar surface area (TPSA) is 6.48 Å². The minimum Gasteiger partial charge on any atom is -0.361 e. The molecule has 2 aromatic carbocycles. The van der Waals surface area contributed by atoms with Crippen molar-refractivity contribution >= 4 is 40.5 Å². The van der Waals surface area contributed by atoms with Crippen molar-refractivity contribution in [1.82, 2.24) is 4.90 Å². The lowest BCUT2D eigenvalue weighted by Crippen LogP contribution is -2.47. The van der Waals surface area contributed by atoms with Crippen LogP contribution in [0.15, 0.2) is 42.5 Å². The second-order valence-corrected chi connectivity index (χ2v) is 6.90. The Morgan fingerprint density at radius 1 is 0.909 bits per heavy atom. The van der Waals surface area contributed by atoms with Crippen LogP contribution in [0, 0.1) is 0 Å². The zero-order valence-corrected chi connectivity index (χ0v) is 14.5. The van der Waals surface area contributed by atoms with Crippen LogP contribution in [0.4, 0.5) is 5.69 Å². The van der Waals surface area contributed by atoms with Crippen molar-refractivity contribution in [3.63, 3.8) is 0 Å². The highest BCUT2D eigenvalue weighted by molar-refractivity contribution is 6.36. The second-order valence-electron chi connectivity index (χ2n) is 5.62. The van der Waals surface area contributed by atoms with E-state index < -0.39 is 0 Å². The molecule has 1 saturated heterocycles. The first-order valence-corrected chi connectivity index (χ1v) is 8.33. The molecule has 2 nitrogen and oxygen atoms in total. The third-order valence-corrected chi connectivity index (χ3v) is 4.85. The van der Waals surface area contributed by atoms with Crippen molar-refractivity contribution in [3.05, 3.63) is 63.1 Å². The van der Waals surface area contributed by atoms with Crippen molar-refractivity contribution in [2.75, 3.05) is 31.6 Å². The van der Waals surface area contributed by atoms with E-state index in [4.69, 9.17) is 34.8 Å². The molecule has 0 saturated carbocycles. The van der Waals surface area contributed by atoms with E-state index in [0.717, 1.165) is 30.3 Å². The zero-order chi connectivity index (χ0) is 15.7. The highest BCUT2D eigenvalue weighted by Crippen LogP contribution is 2.36. The van der Waals surface area contributed by atoms with Crippen LogP contribution in [0.5, 0.6) is 0 Å². The summed E-state index contributed by atoms with van der Waals surface area (Å²) in [6.45, 7) is 2.87. The number of nitrogens with zero attached hydrogens (tertiary/aromatic N) is 2. The fourth-order valence-corrected chi connectivity index (χ4v) is 3.54. The number of anilines is 1. The van der Waals surface area contributed by atoms with E-state index in [0.29, 0.717) is 10.0 Å². The molecular formula is C17H17Cl3N2. The lowest BCUT2D eigenvalue weighted by atomic mass is 10.0. The predicted octanol–water partition coefficient (Wildman–Crippen LogP) is 5.14. The third-order valence-electron chi connectivity index (χ3n) is 4.06. The molecule has 1 aliphatic heterocycles.